The highest BCUT2D eigenvalue weighted by atomic mass is 32.2. The van der Waals surface area contributed by atoms with Crippen LogP contribution in [0.3, 0.4) is 0 Å². The molecule has 1 aromatic heterocycles. The lowest BCUT2D eigenvalue weighted by Crippen LogP contribution is -2.42. The van der Waals surface area contributed by atoms with Gasteiger partial charge in [-0.25, -0.2) is 4.98 Å². The van der Waals surface area contributed by atoms with Gasteiger partial charge in [0.15, 0.2) is 0 Å². The molecule has 8 heteroatoms. The number of hydrogen-bond acceptors (Lipinski definition) is 7. The first-order valence-corrected chi connectivity index (χ1v) is 11.0. The Hall–Kier alpha value is -1.51. The molecule has 26 heavy (non-hydrogen) atoms. The maximum absolute atomic E-state index is 13.3. The van der Waals surface area contributed by atoms with Gasteiger partial charge in [0.25, 0.3) is 0 Å². The van der Waals surface area contributed by atoms with E-state index < -0.39 is 10.00 Å². The van der Waals surface area contributed by atoms with Crippen LogP contribution < -0.4 is 0 Å². The first-order chi connectivity index (χ1) is 12.6. The second-order valence-electron chi connectivity index (χ2n) is 5.75. The molecule has 136 valence electrons. The molecule has 1 aliphatic heterocycles. The van der Waals surface area contributed by atoms with E-state index in [1.165, 1.54) is 0 Å². The van der Waals surface area contributed by atoms with Crippen molar-refractivity contribution < 1.29 is 9.72 Å². The average Bonchev–Trinajstić information content (AvgIpc) is 2.68. The van der Waals surface area contributed by atoms with Crippen LogP contribution in [0.2, 0.25) is 0 Å². The number of nitrogens with zero attached hydrogens (tertiary/aromatic N) is 2. The van der Waals surface area contributed by atoms with Gasteiger partial charge in [0.2, 0.25) is 11.7 Å². The first kappa shape index (κ1) is 19.3. The Bertz CT molecular complexity index is 753. The van der Waals surface area contributed by atoms with Crippen LogP contribution in [0.25, 0.3) is 0 Å². The van der Waals surface area contributed by atoms with Gasteiger partial charge < -0.3 is 0 Å². The third kappa shape index (κ3) is 4.42. The topological polar surface area (TPSA) is 73.1 Å². The minimum absolute atomic E-state index is 0.0680. The third-order valence-electron chi connectivity index (χ3n) is 4.03. The highest BCUT2D eigenvalue weighted by Gasteiger charge is 2.51. The summed E-state index contributed by atoms with van der Waals surface area (Å²) in [6.07, 6.45) is 2.65. The van der Waals surface area contributed by atoms with Crippen molar-refractivity contribution in [2.75, 3.05) is 18.1 Å². The smallest absolute Gasteiger partial charge is 0.222 e. The second-order valence-corrected chi connectivity index (χ2v) is 9.69. The zero-order valence-electron chi connectivity index (χ0n) is 13.9. The predicted octanol–water partition coefficient (Wildman–Crippen LogP) is 4.33. The molecule has 0 radical (unpaired) electrons. The van der Waals surface area contributed by atoms with Crippen LogP contribution in [0, 0.1) is 10.1 Å². The fourth-order valence-corrected chi connectivity index (χ4v) is 7.46. The molecule has 3 rings (SSSR count). The Kier molecular flexibility index (Phi) is 6.61. The summed E-state index contributed by atoms with van der Waals surface area (Å²) in [5.41, 5.74) is 0.834. The quantitative estimate of drug-likeness (QED) is 0.402. The highest BCUT2D eigenvalue weighted by Crippen LogP contribution is 2.54. The van der Waals surface area contributed by atoms with Crippen molar-refractivity contribution in [1.29, 1.82) is 0 Å². The van der Waals surface area contributed by atoms with Gasteiger partial charge in [-0.15, -0.1) is 23.5 Å². The van der Waals surface area contributed by atoms with Gasteiger partial charge in [0.05, 0.1) is 5.92 Å². The number of carbonyl (C=O) groups is 1. The molecule has 0 amide bonds. The van der Waals surface area contributed by atoms with Crippen molar-refractivity contribution in [2.24, 2.45) is 0 Å². The number of aromatic nitrogens is 1. The maximum atomic E-state index is 13.3. The average molecular weight is 407 g/mol. The fraction of sp³-hybridized carbons (Fsp3) is 0.333. The molecular weight excluding hydrogens is 388 g/mol. The molecule has 1 unspecified atom stereocenters. The largest absolute Gasteiger partial charge is 0.284 e. The van der Waals surface area contributed by atoms with Gasteiger partial charge in [-0.1, -0.05) is 36.4 Å². The van der Waals surface area contributed by atoms with Gasteiger partial charge in [-0.05, 0) is 47.4 Å². The van der Waals surface area contributed by atoms with Gasteiger partial charge in [0, 0.05) is 11.1 Å². The minimum Gasteiger partial charge on any atom is -0.284 e. The minimum atomic E-state index is -0.880. The monoisotopic (exact) mass is 406 g/mol. The van der Waals surface area contributed by atoms with Crippen LogP contribution in [0.15, 0.2) is 59.8 Å². The molecule has 0 bridgehead atoms. The van der Waals surface area contributed by atoms with E-state index in [0.29, 0.717) is 5.03 Å². The van der Waals surface area contributed by atoms with E-state index in [1.807, 2.05) is 36.4 Å². The molecule has 1 atom stereocenters. The van der Waals surface area contributed by atoms with Crippen LogP contribution in [-0.4, -0.2) is 37.2 Å². The molecule has 2 aromatic rings. The van der Waals surface area contributed by atoms with Crippen molar-refractivity contribution in [3.8, 4) is 0 Å². The molecule has 0 saturated carbocycles. The van der Waals surface area contributed by atoms with E-state index in [0.717, 1.165) is 35.3 Å². The van der Waals surface area contributed by atoms with E-state index in [-0.39, 0.29) is 16.6 Å². The van der Waals surface area contributed by atoms with Gasteiger partial charge in [0.1, 0.15) is 9.11 Å². The van der Waals surface area contributed by atoms with Crippen LogP contribution >= 0.6 is 35.3 Å². The molecular formula is C18H18N2O3S3. The second kappa shape index (κ2) is 8.92. The lowest BCUT2D eigenvalue weighted by atomic mass is 9.95. The fourth-order valence-electron chi connectivity index (χ4n) is 2.86. The SMILES string of the molecule is O=C(Sc1ccccn1)C1(C(C[N+](=O)[O-])c2ccccc2)SCCCS1. The number of carbonyl (C=O) groups excluding carboxylic acids is 1. The Balaban J connectivity index is 1.98. The Morgan fingerprint density at radius 2 is 1.88 bits per heavy atom. The molecule has 1 saturated heterocycles. The summed E-state index contributed by atoms with van der Waals surface area (Å²) in [5.74, 6) is 1.16. The molecule has 0 aliphatic carbocycles. The number of benzene rings is 1. The number of thioether (sulfide) groups is 3. The maximum Gasteiger partial charge on any atom is 0.222 e. The van der Waals surface area contributed by atoms with Crippen molar-refractivity contribution in [3.63, 3.8) is 0 Å². The van der Waals surface area contributed by atoms with E-state index in [2.05, 4.69) is 4.98 Å². The van der Waals surface area contributed by atoms with Crippen LogP contribution in [0.4, 0.5) is 0 Å². The van der Waals surface area contributed by atoms with Gasteiger partial charge in [-0.3, -0.25) is 14.9 Å². The van der Waals surface area contributed by atoms with E-state index in [1.54, 1.807) is 41.9 Å². The Morgan fingerprint density at radius 3 is 2.50 bits per heavy atom. The summed E-state index contributed by atoms with van der Waals surface area (Å²) in [4.78, 5) is 28.7. The van der Waals surface area contributed by atoms with Crippen LogP contribution in [-0.2, 0) is 4.79 Å². The Morgan fingerprint density at radius 1 is 1.19 bits per heavy atom. The molecule has 0 N–H and O–H groups in total. The van der Waals surface area contributed by atoms with Crippen molar-refractivity contribution in [2.45, 2.75) is 21.4 Å². The van der Waals surface area contributed by atoms with E-state index in [9.17, 15) is 14.9 Å². The number of pyridine rings is 1. The summed E-state index contributed by atoms with van der Waals surface area (Å²) >= 11 is 4.17. The van der Waals surface area contributed by atoms with Crippen molar-refractivity contribution in [1.82, 2.24) is 4.98 Å². The Labute approximate surface area is 164 Å². The van der Waals surface area contributed by atoms with E-state index in [4.69, 9.17) is 0 Å². The first-order valence-electron chi connectivity index (χ1n) is 8.20. The summed E-state index contributed by atoms with van der Waals surface area (Å²) < 4.78 is -0.880. The number of nitro groups is 1. The zero-order valence-corrected chi connectivity index (χ0v) is 16.4. The molecule has 5 nitrogen and oxygen atoms in total. The summed E-state index contributed by atoms with van der Waals surface area (Å²) in [7, 11) is 0. The lowest BCUT2D eigenvalue weighted by Gasteiger charge is -2.39. The van der Waals surface area contributed by atoms with Crippen LogP contribution in [0.1, 0.15) is 17.9 Å². The number of hydrogen-bond donors (Lipinski definition) is 0. The van der Waals surface area contributed by atoms with Crippen molar-refractivity contribution >= 4 is 40.4 Å². The predicted molar refractivity (Wildman–Crippen MR) is 108 cm³/mol. The zero-order chi connectivity index (χ0) is 18.4. The van der Waals surface area contributed by atoms with Gasteiger partial charge in [-0.2, -0.15) is 0 Å². The van der Waals surface area contributed by atoms with Crippen molar-refractivity contribution in [3.05, 3.63) is 70.4 Å². The van der Waals surface area contributed by atoms with Crippen LogP contribution in [0.5, 0.6) is 0 Å². The molecule has 2 heterocycles. The third-order valence-corrected chi connectivity index (χ3v) is 8.74. The molecule has 0 spiro atoms. The summed E-state index contributed by atoms with van der Waals surface area (Å²) in [5, 5.41) is 12.0. The van der Waals surface area contributed by atoms with Gasteiger partial charge >= 0.3 is 0 Å². The standard InChI is InChI=1S/C18H18N2O3S3/c21-17(26-16-9-4-5-10-19-16)18(24-11-6-12-25-18)15(13-20(22)23)14-7-2-1-3-8-14/h1-5,7-10,15H,6,11-13H2. The number of rotatable bonds is 6. The molecule has 1 aliphatic rings. The normalized spacial score (nSPS) is 17.4. The molecule has 1 fully saturated rings. The molecule has 1 aromatic carbocycles. The van der Waals surface area contributed by atoms with E-state index >= 15 is 0 Å². The summed E-state index contributed by atoms with van der Waals surface area (Å²) in [6, 6.07) is 14.8. The summed E-state index contributed by atoms with van der Waals surface area (Å²) in [6.45, 7) is -0.265. The lowest BCUT2D eigenvalue weighted by molar-refractivity contribution is -0.483. The highest BCUT2D eigenvalue weighted by molar-refractivity contribution is 8.25.